The number of methoxy groups -OCH3 is 1. The predicted molar refractivity (Wildman–Crippen MR) is 83.3 cm³/mol. The Hall–Kier alpha value is -2.05. The van der Waals surface area contributed by atoms with Gasteiger partial charge >= 0.3 is 0 Å². The zero-order valence-corrected chi connectivity index (χ0v) is 12.9. The van der Waals surface area contributed by atoms with Crippen molar-refractivity contribution in [3.8, 4) is 16.2 Å². The number of para-hydroxylation sites is 1. The summed E-state index contributed by atoms with van der Waals surface area (Å²) in [6, 6.07) is 14.4. The Labute approximate surface area is 127 Å². The van der Waals surface area contributed by atoms with Gasteiger partial charge in [0.15, 0.2) is 0 Å². The van der Waals surface area contributed by atoms with Crippen LogP contribution in [0.15, 0.2) is 65.1 Å². The molecule has 0 radical (unpaired) electrons. The first kappa shape index (κ1) is 13.9. The predicted octanol–water partition coefficient (Wildman–Crippen LogP) is 3.46. The van der Waals surface area contributed by atoms with E-state index in [0.717, 1.165) is 16.2 Å². The molecule has 0 saturated carbocycles. The Morgan fingerprint density at radius 1 is 1.00 bits per heavy atom. The van der Waals surface area contributed by atoms with E-state index in [9.17, 15) is 8.42 Å². The van der Waals surface area contributed by atoms with E-state index >= 15 is 0 Å². The van der Waals surface area contributed by atoms with Gasteiger partial charge in [0.2, 0.25) is 0 Å². The second-order valence-electron chi connectivity index (χ2n) is 4.34. The first-order chi connectivity index (χ1) is 10.1. The molecule has 0 spiro atoms. The lowest BCUT2D eigenvalue weighted by molar-refractivity contribution is 0.416. The Morgan fingerprint density at radius 3 is 2.43 bits per heavy atom. The number of hydrogen-bond donors (Lipinski definition) is 0. The fourth-order valence-corrected chi connectivity index (χ4v) is 4.66. The van der Waals surface area contributed by atoms with Crippen LogP contribution in [0, 0.1) is 0 Å². The van der Waals surface area contributed by atoms with Crippen molar-refractivity contribution in [3.63, 3.8) is 0 Å². The van der Waals surface area contributed by atoms with Gasteiger partial charge in [-0.3, -0.25) is 0 Å². The second-order valence-corrected chi connectivity index (χ2v) is 7.49. The quantitative estimate of drug-likeness (QED) is 0.740. The Kier molecular flexibility index (Phi) is 3.57. The summed E-state index contributed by atoms with van der Waals surface area (Å²) < 4.78 is 31.7. The second kappa shape index (κ2) is 5.38. The number of thiophene rings is 1. The van der Waals surface area contributed by atoms with E-state index in [1.807, 2.05) is 24.3 Å². The summed E-state index contributed by atoms with van der Waals surface area (Å²) in [6.07, 6.45) is 3.05. The molecule has 2 heterocycles. The molecule has 0 bridgehead atoms. The summed E-state index contributed by atoms with van der Waals surface area (Å²) in [4.78, 5) is 0.859. The van der Waals surface area contributed by atoms with Crippen molar-refractivity contribution in [1.29, 1.82) is 0 Å². The molecule has 0 atom stereocenters. The third kappa shape index (κ3) is 2.48. The average molecular weight is 319 g/mol. The highest BCUT2D eigenvalue weighted by atomic mass is 32.2. The Bertz CT molecular complexity index is 849. The number of nitrogens with zero attached hydrogens (tertiary/aromatic N) is 1. The number of rotatable bonds is 4. The Morgan fingerprint density at radius 2 is 1.71 bits per heavy atom. The van der Waals surface area contributed by atoms with Crippen LogP contribution in [0.5, 0.6) is 5.75 Å². The van der Waals surface area contributed by atoms with Gasteiger partial charge in [-0.15, -0.1) is 11.3 Å². The van der Waals surface area contributed by atoms with Gasteiger partial charge in [-0.25, -0.2) is 3.97 Å². The molecular weight excluding hydrogens is 306 g/mol. The van der Waals surface area contributed by atoms with Crippen LogP contribution in [0.25, 0.3) is 10.4 Å². The first-order valence-corrected chi connectivity index (χ1v) is 8.50. The fourth-order valence-electron chi connectivity index (χ4n) is 2.03. The van der Waals surface area contributed by atoms with E-state index in [0.29, 0.717) is 4.21 Å². The van der Waals surface area contributed by atoms with Crippen LogP contribution in [-0.2, 0) is 10.0 Å². The fraction of sp³-hybridized carbons (Fsp3) is 0.0667. The molecule has 3 rings (SSSR count). The molecule has 3 aromatic rings. The molecule has 0 N–H and O–H groups in total. The van der Waals surface area contributed by atoms with Crippen LogP contribution in [0.2, 0.25) is 0 Å². The van der Waals surface area contributed by atoms with Gasteiger partial charge in [0.1, 0.15) is 9.96 Å². The molecular formula is C15H13NO3S2. The summed E-state index contributed by atoms with van der Waals surface area (Å²) in [5.74, 6) is 0.726. The Balaban J connectivity index is 2.05. The molecule has 0 fully saturated rings. The van der Waals surface area contributed by atoms with E-state index in [2.05, 4.69) is 0 Å². The third-order valence-electron chi connectivity index (χ3n) is 3.06. The minimum Gasteiger partial charge on any atom is -0.496 e. The lowest BCUT2D eigenvalue weighted by Crippen LogP contribution is -2.08. The standard InChI is InChI=1S/C15H13NO3S2/c1-19-13-7-3-2-6-12(13)14-8-9-15(20-14)21(17,18)16-10-4-5-11-16/h2-11H,1H3. The van der Waals surface area contributed by atoms with Crippen LogP contribution >= 0.6 is 11.3 Å². The number of aromatic nitrogens is 1. The maximum absolute atomic E-state index is 12.4. The van der Waals surface area contributed by atoms with E-state index in [4.69, 9.17) is 4.74 Å². The lowest BCUT2D eigenvalue weighted by atomic mass is 10.2. The SMILES string of the molecule is COc1ccccc1-c1ccc(S(=O)(=O)n2cccc2)s1. The van der Waals surface area contributed by atoms with Crippen molar-refractivity contribution in [2.75, 3.05) is 7.11 Å². The van der Waals surface area contributed by atoms with Crippen molar-refractivity contribution < 1.29 is 13.2 Å². The van der Waals surface area contributed by atoms with E-state index < -0.39 is 10.0 Å². The van der Waals surface area contributed by atoms with Crippen LogP contribution in [0.4, 0.5) is 0 Å². The zero-order chi connectivity index (χ0) is 14.9. The molecule has 2 aromatic heterocycles. The lowest BCUT2D eigenvalue weighted by Gasteiger charge is -2.05. The molecule has 0 aliphatic rings. The van der Waals surface area contributed by atoms with Crippen molar-refractivity contribution in [3.05, 3.63) is 60.9 Å². The molecule has 1 aromatic carbocycles. The van der Waals surface area contributed by atoms with Gasteiger partial charge in [0.05, 0.1) is 7.11 Å². The van der Waals surface area contributed by atoms with Gasteiger partial charge in [0.25, 0.3) is 10.0 Å². The minimum atomic E-state index is -3.51. The van der Waals surface area contributed by atoms with Crippen molar-refractivity contribution >= 4 is 21.4 Å². The van der Waals surface area contributed by atoms with E-state index in [1.165, 1.54) is 27.7 Å². The van der Waals surface area contributed by atoms with Crippen molar-refractivity contribution in [2.45, 2.75) is 4.21 Å². The molecule has 0 unspecified atom stereocenters. The molecule has 0 aliphatic carbocycles. The monoisotopic (exact) mass is 319 g/mol. The third-order valence-corrected chi connectivity index (χ3v) is 6.30. The molecule has 6 heteroatoms. The maximum Gasteiger partial charge on any atom is 0.277 e. The van der Waals surface area contributed by atoms with E-state index in [1.54, 1.807) is 31.4 Å². The smallest absolute Gasteiger partial charge is 0.277 e. The summed E-state index contributed by atoms with van der Waals surface area (Å²) in [5, 5.41) is 0. The van der Waals surface area contributed by atoms with Crippen LogP contribution < -0.4 is 4.74 Å². The first-order valence-electron chi connectivity index (χ1n) is 6.25. The molecule has 0 saturated heterocycles. The normalized spacial score (nSPS) is 11.5. The molecule has 0 aliphatic heterocycles. The highest BCUT2D eigenvalue weighted by Crippen LogP contribution is 2.36. The largest absolute Gasteiger partial charge is 0.496 e. The number of benzene rings is 1. The van der Waals surface area contributed by atoms with Crippen LogP contribution in [0.1, 0.15) is 0 Å². The van der Waals surface area contributed by atoms with Gasteiger partial charge < -0.3 is 4.74 Å². The molecule has 4 nitrogen and oxygen atoms in total. The summed E-state index contributed by atoms with van der Waals surface area (Å²) in [6.45, 7) is 0. The van der Waals surface area contributed by atoms with Gasteiger partial charge in [-0.1, -0.05) is 12.1 Å². The van der Waals surface area contributed by atoms with Gasteiger partial charge in [-0.2, -0.15) is 8.42 Å². The van der Waals surface area contributed by atoms with Crippen LogP contribution in [0.3, 0.4) is 0 Å². The van der Waals surface area contributed by atoms with Gasteiger partial charge in [-0.05, 0) is 36.4 Å². The summed E-state index contributed by atoms with van der Waals surface area (Å²) in [7, 11) is -1.91. The summed E-state index contributed by atoms with van der Waals surface area (Å²) in [5.41, 5.74) is 0.888. The molecule has 0 amide bonds. The zero-order valence-electron chi connectivity index (χ0n) is 11.3. The maximum atomic E-state index is 12.4. The van der Waals surface area contributed by atoms with Crippen molar-refractivity contribution in [1.82, 2.24) is 3.97 Å². The van der Waals surface area contributed by atoms with E-state index in [-0.39, 0.29) is 0 Å². The number of ether oxygens (including phenoxy) is 1. The van der Waals surface area contributed by atoms with Crippen molar-refractivity contribution in [2.24, 2.45) is 0 Å². The van der Waals surface area contributed by atoms with Crippen LogP contribution in [-0.4, -0.2) is 19.5 Å². The highest BCUT2D eigenvalue weighted by molar-refractivity contribution is 7.92. The highest BCUT2D eigenvalue weighted by Gasteiger charge is 2.19. The molecule has 21 heavy (non-hydrogen) atoms. The number of hydrogen-bond acceptors (Lipinski definition) is 4. The molecule has 108 valence electrons. The summed E-state index contributed by atoms with van der Waals surface area (Å²) >= 11 is 1.23. The van der Waals surface area contributed by atoms with Gasteiger partial charge in [0, 0.05) is 22.8 Å². The average Bonchev–Trinajstić information content (AvgIpc) is 3.18. The topological polar surface area (TPSA) is 48.3 Å². The minimum absolute atomic E-state index is 0.305.